The molecular formula is C14H15BrN2O2. The zero-order valence-electron chi connectivity index (χ0n) is 10.5. The number of nitrogens with two attached hydrogens (primary N) is 1. The molecule has 0 fully saturated rings. The molecule has 1 aromatic rings. The van der Waals surface area contributed by atoms with Crippen LogP contribution >= 0.6 is 15.9 Å². The second-order valence-corrected chi connectivity index (χ2v) is 5.06. The lowest BCUT2D eigenvalue weighted by molar-refractivity contribution is -0.127. The summed E-state index contributed by atoms with van der Waals surface area (Å²) in [6.07, 6.45) is 5.22. The summed E-state index contributed by atoms with van der Waals surface area (Å²) >= 11 is 3.33. The monoisotopic (exact) mass is 322 g/mol. The van der Waals surface area contributed by atoms with Crippen LogP contribution in [0.4, 0.5) is 0 Å². The lowest BCUT2D eigenvalue weighted by atomic mass is 10.00. The first kappa shape index (κ1) is 15.3. The number of amides is 2. The lowest BCUT2D eigenvalue weighted by Gasteiger charge is -2.17. The van der Waals surface area contributed by atoms with Gasteiger partial charge in [-0.2, -0.15) is 0 Å². The van der Waals surface area contributed by atoms with Gasteiger partial charge >= 0.3 is 0 Å². The first-order valence-corrected chi connectivity index (χ1v) is 6.53. The number of halogens is 1. The molecule has 1 rings (SSSR count). The Bertz CT molecular complexity index is 505. The first-order chi connectivity index (χ1) is 8.95. The van der Waals surface area contributed by atoms with Crippen LogP contribution in [0.5, 0.6) is 0 Å². The highest BCUT2D eigenvalue weighted by Gasteiger charge is 2.21. The molecule has 0 aliphatic carbocycles. The zero-order valence-corrected chi connectivity index (χ0v) is 12.1. The Labute approximate surface area is 120 Å². The van der Waals surface area contributed by atoms with Crippen molar-refractivity contribution in [3.05, 3.63) is 34.3 Å². The molecule has 1 aromatic carbocycles. The van der Waals surface area contributed by atoms with E-state index in [2.05, 4.69) is 27.2 Å². The molecule has 0 aliphatic heterocycles. The van der Waals surface area contributed by atoms with Crippen molar-refractivity contribution in [2.75, 3.05) is 0 Å². The van der Waals surface area contributed by atoms with E-state index < -0.39 is 11.9 Å². The van der Waals surface area contributed by atoms with Crippen molar-refractivity contribution in [2.24, 2.45) is 5.73 Å². The van der Waals surface area contributed by atoms with Crippen LogP contribution in [0.15, 0.2) is 28.7 Å². The Morgan fingerprint density at radius 1 is 1.42 bits per heavy atom. The van der Waals surface area contributed by atoms with E-state index in [1.54, 1.807) is 6.92 Å². The van der Waals surface area contributed by atoms with Gasteiger partial charge in [0.05, 0.1) is 5.92 Å². The minimum atomic E-state index is -0.824. The van der Waals surface area contributed by atoms with E-state index in [1.807, 2.05) is 24.3 Å². The van der Waals surface area contributed by atoms with Gasteiger partial charge in [0.15, 0.2) is 0 Å². The third-order valence-electron chi connectivity index (χ3n) is 2.75. The van der Waals surface area contributed by atoms with Gasteiger partial charge in [-0.25, -0.2) is 0 Å². The molecule has 0 bridgehead atoms. The van der Waals surface area contributed by atoms with Crippen molar-refractivity contribution in [1.29, 1.82) is 0 Å². The fraction of sp³-hybridized carbons (Fsp3) is 0.286. The maximum absolute atomic E-state index is 12.0. The van der Waals surface area contributed by atoms with Gasteiger partial charge in [-0.1, -0.05) is 28.1 Å². The van der Waals surface area contributed by atoms with Crippen molar-refractivity contribution in [3.8, 4) is 12.3 Å². The lowest BCUT2D eigenvalue weighted by Crippen LogP contribution is -2.45. The Hall–Kier alpha value is -1.80. The third-order valence-corrected chi connectivity index (χ3v) is 3.27. The summed E-state index contributed by atoms with van der Waals surface area (Å²) in [5.41, 5.74) is 6.03. The minimum Gasteiger partial charge on any atom is -0.368 e. The number of nitrogens with one attached hydrogen (secondary N) is 1. The smallest absolute Gasteiger partial charge is 0.240 e. The quantitative estimate of drug-likeness (QED) is 0.807. The highest BCUT2D eigenvalue weighted by molar-refractivity contribution is 9.10. The summed E-state index contributed by atoms with van der Waals surface area (Å²) in [7, 11) is 0. The Morgan fingerprint density at radius 3 is 2.47 bits per heavy atom. The standard InChI is InChI=1S/C14H15BrN2O2/c1-3-4-12(13(16)18)17-14(19)9(2)10-5-7-11(15)8-6-10/h1,5-9,12H,4H2,2H3,(H2,16,18)(H,17,19)/t9-,12+/m1/s1. The van der Waals surface area contributed by atoms with Gasteiger partial charge in [-0.05, 0) is 24.6 Å². The van der Waals surface area contributed by atoms with Gasteiger partial charge in [-0.15, -0.1) is 12.3 Å². The van der Waals surface area contributed by atoms with Crippen molar-refractivity contribution >= 4 is 27.7 Å². The predicted octanol–water partition coefficient (Wildman–Crippen LogP) is 1.55. The molecule has 3 N–H and O–H groups in total. The van der Waals surface area contributed by atoms with E-state index in [0.29, 0.717) is 0 Å². The van der Waals surface area contributed by atoms with E-state index in [0.717, 1.165) is 10.0 Å². The van der Waals surface area contributed by atoms with Crippen molar-refractivity contribution in [2.45, 2.75) is 25.3 Å². The number of hydrogen-bond donors (Lipinski definition) is 2. The van der Waals surface area contributed by atoms with E-state index in [4.69, 9.17) is 12.2 Å². The Morgan fingerprint density at radius 2 is 2.00 bits per heavy atom. The molecule has 4 nitrogen and oxygen atoms in total. The average Bonchev–Trinajstić information content (AvgIpc) is 2.38. The molecule has 2 atom stereocenters. The minimum absolute atomic E-state index is 0.0914. The molecule has 0 aromatic heterocycles. The number of terminal acetylenes is 1. The van der Waals surface area contributed by atoms with Gasteiger partial charge < -0.3 is 11.1 Å². The molecule has 19 heavy (non-hydrogen) atoms. The molecule has 0 saturated heterocycles. The Balaban J connectivity index is 2.74. The molecule has 0 aliphatic rings. The number of carbonyl (C=O) groups is 2. The van der Waals surface area contributed by atoms with Crippen LogP contribution in [0.25, 0.3) is 0 Å². The molecule has 100 valence electrons. The summed E-state index contributed by atoms with van der Waals surface area (Å²) in [6, 6.07) is 6.57. The molecule has 0 radical (unpaired) electrons. The number of primary amides is 1. The average molecular weight is 323 g/mol. The summed E-state index contributed by atoms with van der Waals surface area (Å²) in [4.78, 5) is 23.2. The number of carbonyl (C=O) groups excluding carboxylic acids is 2. The molecule has 0 spiro atoms. The molecule has 0 unspecified atom stereocenters. The number of rotatable bonds is 5. The first-order valence-electron chi connectivity index (χ1n) is 5.74. The van der Waals surface area contributed by atoms with Crippen LogP contribution in [0.1, 0.15) is 24.8 Å². The molecule has 0 heterocycles. The van der Waals surface area contributed by atoms with Crippen LogP contribution in [0, 0.1) is 12.3 Å². The summed E-state index contributed by atoms with van der Waals surface area (Å²) in [5, 5.41) is 2.56. The van der Waals surface area contributed by atoms with E-state index >= 15 is 0 Å². The van der Waals surface area contributed by atoms with Crippen LogP contribution in [0.3, 0.4) is 0 Å². The van der Waals surface area contributed by atoms with Gasteiger partial charge in [0.1, 0.15) is 6.04 Å². The van der Waals surface area contributed by atoms with Crippen LogP contribution in [0.2, 0.25) is 0 Å². The highest BCUT2D eigenvalue weighted by Crippen LogP contribution is 2.18. The van der Waals surface area contributed by atoms with E-state index in [-0.39, 0.29) is 18.2 Å². The van der Waals surface area contributed by atoms with E-state index in [1.165, 1.54) is 0 Å². The largest absolute Gasteiger partial charge is 0.368 e. The summed E-state index contributed by atoms with van der Waals surface area (Å²) < 4.78 is 0.936. The summed E-state index contributed by atoms with van der Waals surface area (Å²) in [6.45, 7) is 1.76. The van der Waals surface area contributed by atoms with Crippen molar-refractivity contribution in [1.82, 2.24) is 5.32 Å². The maximum Gasteiger partial charge on any atom is 0.240 e. The topological polar surface area (TPSA) is 72.2 Å². The highest BCUT2D eigenvalue weighted by atomic mass is 79.9. The summed E-state index contributed by atoms with van der Waals surface area (Å²) in [5.74, 6) is 1.03. The van der Waals surface area contributed by atoms with Crippen molar-refractivity contribution in [3.63, 3.8) is 0 Å². The predicted molar refractivity (Wildman–Crippen MR) is 77.1 cm³/mol. The number of benzene rings is 1. The van der Waals surface area contributed by atoms with E-state index in [9.17, 15) is 9.59 Å². The van der Waals surface area contributed by atoms with Gasteiger partial charge in [0.2, 0.25) is 11.8 Å². The number of hydrogen-bond acceptors (Lipinski definition) is 2. The SMILES string of the molecule is C#CC[C@H](NC(=O)[C@H](C)c1ccc(Br)cc1)C(N)=O. The molecule has 0 saturated carbocycles. The fourth-order valence-corrected chi connectivity index (χ4v) is 1.80. The molecule has 2 amide bonds. The second kappa shape index (κ2) is 6.95. The third kappa shape index (κ3) is 4.42. The normalized spacial score (nSPS) is 13.1. The van der Waals surface area contributed by atoms with Crippen molar-refractivity contribution < 1.29 is 9.59 Å². The second-order valence-electron chi connectivity index (χ2n) is 4.15. The zero-order chi connectivity index (χ0) is 14.4. The van der Waals surface area contributed by atoms with Gasteiger partial charge in [-0.3, -0.25) is 9.59 Å². The van der Waals surface area contributed by atoms with Crippen LogP contribution in [-0.2, 0) is 9.59 Å². The Kier molecular flexibility index (Phi) is 5.58. The van der Waals surface area contributed by atoms with Crippen LogP contribution < -0.4 is 11.1 Å². The van der Waals surface area contributed by atoms with Crippen LogP contribution in [-0.4, -0.2) is 17.9 Å². The molecular weight excluding hydrogens is 308 g/mol. The van der Waals surface area contributed by atoms with Gasteiger partial charge in [0, 0.05) is 10.9 Å². The fourth-order valence-electron chi connectivity index (χ4n) is 1.54. The maximum atomic E-state index is 12.0. The van der Waals surface area contributed by atoms with Gasteiger partial charge in [0.25, 0.3) is 0 Å². The molecule has 5 heteroatoms.